The minimum atomic E-state index is 1.16. The lowest BCUT2D eigenvalue weighted by Gasteiger charge is -1.97. The Kier molecular flexibility index (Phi) is 1.50. The zero-order valence-electron chi connectivity index (χ0n) is 6.19. The minimum Gasteiger partial charge on any atom is -0.385 e. The molecule has 1 heterocycles. The monoisotopic (exact) mass is 135 g/mol. The molecule has 1 aliphatic heterocycles. The first-order valence-corrected chi connectivity index (χ1v) is 4.09. The van der Waals surface area contributed by atoms with Crippen LogP contribution in [0, 0.1) is 0 Å². The highest BCUT2D eigenvalue weighted by Crippen LogP contribution is 2.23. The van der Waals surface area contributed by atoms with Crippen LogP contribution < -0.4 is 5.32 Å². The summed E-state index contributed by atoms with van der Waals surface area (Å²) in [5, 5.41) is 3.39. The summed E-state index contributed by atoms with van der Waals surface area (Å²) in [6.45, 7) is 1.16. The Morgan fingerprint density at radius 1 is 1.30 bits per heavy atom. The van der Waals surface area contributed by atoms with Gasteiger partial charge in [0.25, 0.3) is 0 Å². The van der Waals surface area contributed by atoms with Crippen LogP contribution in [0.5, 0.6) is 0 Å². The zero-order valence-corrected chi connectivity index (χ0v) is 6.19. The van der Waals surface area contributed by atoms with Gasteiger partial charge in [0.05, 0.1) is 0 Å². The predicted octanol–water partition coefficient (Wildman–Crippen LogP) is 1.97. The van der Waals surface area contributed by atoms with Gasteiger partial charge in [0.15, 0.2) is 0 Å². The van der Waals surface area contributed by atoms with Crippen molar-refractivity contribution in [2.75, 3.05) is 6.54 Å². The first kappa shape index (κ1) is 6.02. The molecule has 0 aromatic heterocycles. The van der Waals surface area contributed by atoms with Gasteiger partial charge in [-0.2, -0.15) is 0 Å². The molecule has 1 N–H and O–H groups in total. The SMILES string of the molecule is C1=CC2=C(CCC1)CCN2. The van der Waals surface area contributed by atoms with Gasteiger partial charge in [-0.25, -0.2) is 0 Å². The average molecular weight is 135 g/mol. The summed E-state index contributed by atoms with van der Waals surface area (Å²) in [5.74, 6) is 0. The van der Waals surface area contributed by atoms with Crippen molar-refractivity contribution < 1.29 is 0 Å². The fraction of sp³-hybridized carbons (Fsp3) is 0.556. The van der Waals surface area contributed by atoms with Crippen LogP contribution in [0.2, 0.25) is 0 Å². The number of hydrogen-bond donors (Lipinski definition) is 1. The quantitative estimate of drug-likeness (QED) is 0.535. The molecule has 0 saturated heterocycles. The van der Waals surface area contributed by atoms with E-state index in [1.165, 1.54) is 31.4 Å². The van der Waals surface area contributed by atoms with Gasteiger partial charge in [-0.05, 0) is 37.3 Å². The van der Waals surface area contributed by atoms with Crippen LogP contribution in [0.3, 0.4) is 0 Å². The maximum atomic E-state index is 3.39. The summed E-state index contributed by atoms with van der Waals surface area (Å²) in [4.78, 5) is 0. The van der Waals surface area contributed by atoms with Gasteiger partial charge in [-0.1, -0.05) is 6.08 Å². The third kappa shape index (κ3) is 0.962. The maximum Gasteiger partial charge on any atom is 0.0329 e. The average Bonchev–Trinajstić information content (AvgIpc) is 2.28. The molecule has 0 aromatic carbocycles. The van der Waals surface area contributed by atoms with Crippen molar-refractivity contribution >= 4 is 0 Å². The normalized spacial score (nSPS) is 24.0. The lowest BCUT2D eigenvalue weighted by molar-refractivity contribution is 0.801. The summed E-state index contributed by atoms with van der Waals surface area (Å²) in [6.07, 6.45) is 9.72. The Bertz CT molecular complexity index is 189. The molecule has 0 aromatic rings. The van der Waals surface area contributed by atoms with Crippen LogP contribution in [0.25, 0.3) is 0 Å². The first-order valence-electron chi connectivity index (χ1n) is 4.09. The lowest BCUT2D eigenvalue weighted by atomic mass is 10.1. The van der Waals surface area contributed by atoms with Gasteiger partial charge >= 0.3 is 0 Å². The van der Waals surface area contributed by atoms with Crippen LogP contribution in [-0.2, 0) is 0 Å². The third-order valence-electron chi connectivity index (χ3n) is 2.26. The molecule has 1 heteroatoms. The van der Waals surface area contributed by atoms with E-state index in [0.717, 1.165) is 6.54 Å². The van der Waals surface area contributed by atoms with Crippen molar-refractivity contribution in [3.63, 3.8) is 0 Å². The van der Waals surface area contributed by atoms with E-state index in [9.17, 15) is 0 Å². The summed E-state index contributed by atoms with van der Waals surface area (Å²) in [5.41, 5.74) is 3.06. The van der Waals surface area contributed by atoms with E-state index in [0.29, 0.717) is 0 Å². The molecule has 2 rings (SSSR count). The van der Waals surface area contributed by atoms with E-state index in [1.54, 1.807) is 5.57 Å². The Hall–Kier alpha value is -0.720. The molecule has 0 bridgehead atoms. The minimum absolute atomic E-state index is 1.16. The second kappa shape index (κ2) is 2.49. The van der Waals surface area contributed by atoms with E-state index in [2.05, 4.69) is 17.5 Å². The summed E-state index contributed by atoms with van der Waals surface area (Å²) >= 11 is 0. The Balaban J connectivity index is 2.22. The molecule has 0 radical (unpaired) electrons. The molecule has 0 saturated carbocycles. The number of rotatable bonds is 0. The molecular weight excluding hydrogens is 122 g/mol. The van der Waals surface area contributed by atoms with E-state index in [-0.39, 0.29) is 0 Å². The van der Waals surface area contributed by atoms with Crippen LogP contribution in [0.4, 0.5) is 0 Å². The van der Waals surface area contributed by atoms with Gasteiger partial charge < -0.3 is 5.32 Å². The highest BCUT2D eigenvalue weighted by atomic mass is 14.9. The number of allylic oxidation sites excluding steroid dienone is 2. The Morgan fingerprint density at radius 3 is 3.30 bits per heavy atom. The standard InChI is InChI=1S/C9H13N/c1-2-4-8-6-7-10-9(8)5-3-1/h3,5,10H,1-2,4,6-7H2. The van der Waals surface area contributed by atoms with Crippen LogP contribution in [-0.4, -0.2) is 6.54 Å². The topological polar surface area (TPSA) is 12.0 Å². The molecule has 1 aliphatic carbocycles. The second-order valence-corrected chi connectivity index (χ2v) is 2.99. The maximum absolute atomic E-state index is 3.39. The lowest BCUT2D eigenvalue weighted by Crippen LogP contribution is -2.04. The molecule has 0 unspecified atom stereocenters. The van der Waals surface area contributed by atoms with Crippen molar-refractivity contribution in [2.24, 2.45) is 0 Å². The largest absolute Gasteiger partial charge is 0.385 e. The summed E-state index contributed by atoms with van der Waals surface area (Å²) < 4.78 is 0. The molecule has 0 fully saturated rings. The molecular formula is C9H13N. The van der Waals surface area contributed by atoms with Gasteiger partial charge in [0.1, 0.15) is 0 Å². The highest BCUT2D eigenvalue weighted by molar-refractivity contribution is 5.29. The number of hydrogen-bond acceptors (Lipinski definition) is 1. The van der Waals surface area contributed by atoms with Crippen molar-refractivity contribution in [1.29, 1.82) is 0 Å². The van der Waals surface area contributed by atoms with Crippen molar-refractivity contribution in [3.8, 4) is 0 Å². The third-order valence-corrected chi connectivity index (χ3v) is 2.26. The van der Waals surface area contributed by atoms with Crippen molar-refractivity contribution in [3.05, 3.63) is 23.4 Å². The molecule has 0 amide bonds. The molecule has 2 aliphatic rings. The Morgan fingerprint density at radius 2 is 2.30 bits per heavy atom. The summed E-state index contributed by atoms with van der Waals surface area (Å²) in [6, 6.07) is 0. The molecule has 1 nitrogen and oxygen atoms in total. The van der Waals surface area contributed by atoms with Gasteiger partial charge in [-0.15, -0.1) is 0 Å². The van der Waals surface area contributed by atoms with E-state index >= 15 is 0 Å². The van der Waals surface area contributed by atoms with E-state index in [1.807, 2.05) is 0 Å². The number of nitrogens with one attached hydrogen (secondary N) is 1. The zero-order chi connectivity index (χ0) is 6.81. The van der Waals surface area contributed by atoms with Crippen molar-refractivity contribution in [2.45, 2.75) is 25.7 Å². The molecule has 0 atom stereocenters. The Labute approximate surface area is 61.8 Å². The highest BCUT2D eigenvalue weighted by Gasteiger charge is 2.11. The predicted molar refractivity (Wildman–Crippen MR) is 42.6 cm³/mol. The fourth-order valence-electron chi connectivity index (χ4n) is 1.68. The first-order chi connectivity index (χ1) is 4.97. The molecule has 54 valence electrons. The van der Waals surface area contributed by atoms with Gasteiger partial charge in [0.2, 0.25) is 0 Å². The van der Waals surface area contributed by atoms with Gasteiger partial charge in [0, 0.05) is 12.2 Å². The van der Waals surface area contributed by atoms with Gasteiger partial charge in [-0.3, -0.25) is 0 Å². The van der Waals surface area contributed by atoms with Crippen LogP contribution >= 0.6 is 0 Å². The van der Waals surface area contributed by atoms with Crippen LogP contribution in [0.1, 0.15) is 25.7 Å². The molecule has 0 spiro atoms. The van der Waals surface area contributed by atoms with Crippen LogP contribution in [0.15, 0.2) is 23.4 Å². The summed E-state index contributed by atoms with van der Waals surface area (Å²) in [7, 11) is 0. The van der Waals surface area contributed by atoms with E-state index in [4.69, 9.17) is 0 Å². The van der Waals surface area contributed by atoms with Crippen molar-refractivity contribution in [1.82, 2.24) is 5.32 Å². The molecule has 10 heavy (non-hydrogen) atoms. The second-order valence-electron chi connectivity index (χ2n) is 2.99. The van der Waals surface area contributed by atoms with E-state index < -0.39 is 0 Å². The fourth-order valence-corrected chi connectivity index (χ4v) is 1.68. The smallest absolute Gasteiger partial charge is 0.0329 e.